The molecule has 0 heterocycles. The van der Waals surface area contributed by atoms with Gasteiger partial charge in [-0.05, 0) is 94.8 Å². The second-order valence-electron chi connectivity index (χ2n) is 9.41. The average molecular weight is 387 g/mol. The second kappa shape index (κ2) is 9.54. The summed E-state index contributed by atoms with van der Waals surface area (Å²) in [6, 6.07) is 0. The molecular weight excluding hydrogens is 347 g/mol. The molecule has 0 unspecified atom stereocenters. The van der Waals surface area contributed by atoms with E-state index in [-0.39, 0.29) is 18.3 Å². The SMILES string of the molecule is CC1CCC(OP(=O)(OC2CCC(C)CC2)OC2CCC(C)CC2)CC1. The smallest absolute Gasteiger partial charge is 0.284 e. The van der Waals surface area contributed by atoms with Crippen molar-refractivity contribution in [3.63, 3.8) is 0 Å². The topological polar surface area (TPSA) is 44.8 Å². The monoisotopic (exact) mass is 386 g/mol. The number of rotatable bonds is 6. The van der Waals surface area contributed by atoms with Crippen LogP contribution in [0.3, 0.4) is 0 Å². The predicted octanol–water partition coefficient (Wildman–Crippen LogP) is 6.88. The molecule has 26 heavy (non-hydrogen) atoms. The molecule has 0 aromatic rings. The van der Waals surface area contributed by atoms with Crippen LogP contribution in [0.1, 0.15) is 97.8 Å². The van der Waals surface area contributed by atoms with E-state index in [0.717, 1.165) is 94.8 Å². The molecule has 0 aromatic heterocycles. The molecule has 0 spiro atoms. The van der Waals surface area contributed by atoms with Gasteiger partial charge in [0.2, 0.25) is 0 Å². The van der Waals surface area contributed by atoms with Gasteiger partial charge in [0, 0.05) is 0 Å². The van der Waals surface area contributed by atoms with Crippen molar-refractivity contribution in [1.29, 1.82) is 0 Å². The number of phosphoric ester groups is 1. The average Bonchev–Trinajstić information content (AvgIpc) is 2.61. The van der Waals surface area contributed by atoms with Gasteiger partial charge in [-0.15, -0.1) is 0 Å². The van der Waals surface area contributed by atoms with Gasteiger partial charge >= 0.3 is 7.82 Å². The van der Waals surface area contributed by atoms with Crippen molar-refractivity contribution in [2.75, 3.05) is 0 Å². The van der Waals surface area contributed by atoms with Crippen LogP contribution in [0.25, 0.3) is 0 Å². The lowest BCUT2D eigenvalue weighted by molar-refractivity contribution is -0.00174. The fourth-order valence-corrected chi connectivity index (χ4v) is 6.50. The number of phosphoric acid groups is 1. The molecule has 0 radical (unpaired) electrons. The van der Waals surface area contributed by atoms with Crippen molar-refractivity contribution in [3.05, 3.63) is 0 Å². The predicted molar refractivity (Wildman–Crippen MR) is 105 cm³/mol. The third-order valence-electron chi connectivity index (χ3n) is 6.72. The lowest BCUT2D eigenvalue weighted by Gasteiger charge is -2.35. The van der Waals surface area contributed by atoms with Gasteiger partial charge in [0.05, 0.1) is 18.3 Å². The maximum absolute atomic E-state index is 13.6. The minimum atomic E-state index is -3.48. The fraction of sp³-hybridized carbons (Fsp3) is 1.00. The highest BCUT2D eigenvalue weighted by Crippen LogP contribution is 2.56. The Balaban J connectivity index is 1.60. The third kappa shape index (κ3) is 6.33. The van der Waals surface area contributed by atoms with E-state index in [9.17, 15) is 4.57 Å². The zero-order valence-electron chi connectivity index (χ0n) is 17.0. The van der Waals surface area contributed by atoms with E-state index < -0.39 is 7.82 Å². The maximum atomic E-state index is 13.6. The normalized spacial score (nSPS) is 41.5. The molecule has 3 saturated carbocycles. The first-order chi connectivity index (χ1) is 12.4. The summed E-state index contributed by atoms with van der Waals surface area (Å²) in [6.45, 7) is 6.86. The minimum Gasteiger partial charge on any atom is -0.284 e. The molecule has 5 heteroatoms. The molecule has 0 atom stereocenters. The summed E-state index contributed by atoms with van der Waals surface area (Å²) >= 11 is 0. The van der Waals surface area contributed by atoms with E-state index in [4.69, 9.17) is 13.6 Å². The standard InChI is InChI=1S/C21H39O4P/c1-16-4-10-19(11-5-16)23-26(22,24-20-12-6-17(2)7-13-20)25-21-14-8-18(3)9-15-21/h16-21H,4-15H2,1-3H3. The van der Waals surface area contributed by atoms with E-state index >= 15 is 0 Å². The molecule has 0 aromatic carbocycles. The van der Waals surface area contributed by atoms with Crippen LogP contribution >= 0.6 is 7.82 Å². The van der Waals surface area contributed by atoms with Crippen molar-refractivity contribution in [2.24, 2.45) is 17.8 Å². The fourth-order valence-electron chi connectivity index (χ4n) is 4.63. The Morgan fingerprint density at radius 3 is 0.962 bits per heavy atom. The highest BCUT2D eigenvalue weighted by Gasteiger charge is 2.39. The first-order valence-electron chi connectivity index (χ1n) is 11.1. The molecular formula is C21H39O4P. The maximum Gasteiger partial charge on any atom is 0.475 e. The number of hydrogen-bond donors (Lipinski definition) is 0. The molecule has 0 amide bonds. The van der Waals surface area contributed by atoms with Crippen molar-refractivity contribution >= 4 is 7.82 Å². The van der Waals surface area contributed by atoms with Crippen LogP contribution in [0.2, 0.25) is 0 Å². The molecule has 0 saturated heterocycles. The molecule has 3 rings (SSSR count). The first-order valence-corrected chi connectivity index (χ1v) is 12.5. The summed E-state index contributed by atoms with van der Waals surface area (Å²) in [6.07, 6.45) is 12.8. The Hall–Kier alpha value is 0.110. The highest BCUT2D eigenvalue weighted by atomic mass is 31.2. The largest absolute Gasteiger partial charge is 0.475 e. The summed E-state index contributed by atoms with van der Waals surface area (Å²) in [5.74, 6) is 2.24. The zero-order chi connectivity index (χ0) is 18.6. The quantitative estimate of drug-likeness (QED) is 0.467. The Bertz CT molecular complexity index is 392. The van der Waals surface area contributed by atoms with Crippen molar-refractivity contribution in [1.82, 2.24) is 0 Å². The molecule has 152 valence electrons. The molecule has 0 bridgehead atoms. The van der Waals surface area contributed by atoms with Gasteiger partial charge in [-0.2, -0.15) is 0 Å². The van der Waals surface area contributed by atoms with Crippen molar-refractivity contribution in [3.8, 4) is 0 Å². The summed E-state index contributed by atoms with van der Waals surface area (Å²) < 4.78 is 31.9. The highest BCUT2D eigenvalue weighted by molar-refractivity contribution is 7.48. The van der Waals surface area contributed by atoms with E-state index in [0.29, 0.717) is 0 Å². The third-order valence-corrected chi connectivity index (χ3v) is 8.39. The van der Waals surface area contributed by atoms with Crippen molar-refractivity contribution in [2.45, 2.75) is 116 Å². The van der Waals surface area contributed by atoms with Gasteiger partial charge in [0.25, 0.3) is 0 Å². The molecule has 0 aliphatic heterocycles. The summed E-state index contributed by atoms with van der Waals surface area (Å²) in [5, 5.41) is 0. The molecule has 3 aliphatic carbocycles. The summed E-state index contributed by atoms with van der Waals surface area (Å²) in [5.41, 5.74) is 0. The van der Waals surface area contributed by atoms with E-state index in [1.165, 1.54) is 0 Å². The first kappa shape index (κ1) is 20.8. The molecule has 0 N–H and O–H groups in total. The Morgan fingerprint density at radius 2 is 0.731 bits per heavy atom. The van der Waals surface area contributed by atoms with Crippen LogP contribution in [0.4, 0.5) is 0 Å². The van der Waals surface area contributed by atoms with Gasteiger partial charge < -0.3 is 0 Å². The van der Waals surface area contributed by atoms with Crippen LogP contribution in [0.15, 0.2) is 0 Å². The minimum absolute atomic E-state index is 0.0297. The van der Waals surface area contributed by atoms with Crippen LogP contribution in [0.5, 0.6) is 0 Å². The van der Waals surface area contributed by atoms with Crippen LogP contribution in [-0.4, -0.2) is 18.3 Å². The zero-order valence-corrected chi connectivity index (χ0v) is 17.9. The van der Waals surface area contributed by atoms with Crippen LogP contribution in [0, 0.1) is 17.8 Å². The summed E-state index contributed by atoms with van der Waals surface area (Å²) in [7, 11) is -3.48. The Morgan fingerprint density at radius 1 is 0.500 bits per heavy atom. The van der Waals surface area contributed by atoms with Crippen molar-refractivity contribution < 1.29 is 18.1 Å². The van der Waals surface area contributed by atoms with Gasteiger partial charge in [0.15, 0.2) is 0 Å². The van der Waals surface area contributed by atoms with Gasteiger partial charge in [-0.3, -0.25) is 13.6 Å². The van der Waals surface area contributed by atoms with Crippen LogP contribution < -0.4 is 0 Å². The lowest BCUT2D eigenvalue weighted by Crippen LogP contribution is -2.27. The molecule has 3 fully saturated rings. The Labute approximate surface area is 160 Å². The Kier molecular flexibility index (Phi) is 7.65. The van der Waals surface area contributed by atoms with E-state index in [1.54, 1.807) is 0 Å². The van der Waals surface area contributed by atoms with Crippen LogP contribution in [-0.2, 0) is 18.1 Å². The number of hydrogen-bond acceptors (Lipinski definition) is 4. The van der Waals surface area contributed by atoms with E-state index in [2.05, 4.69) is 20.8 Å². The lowest BCUT2D eigenvalue weighted by atomic mass is 9.89. The van der Waals surface area contributed by atoms with Gasteiger partial charge in [-0.1, -0.05) is 20.8 Å². The van der Waals surface area contributed by atoms with E-state index in [1.807, 2.05) is 0 Å². The second-order valence-corrected chi connectivity index (χ2v) is 10.9. The van der Waals surface area contributed by atoms with Gasteiger partial charge in [-0.25, -0.2) is 4.57 Å². The molecule has 3 aliphatic rings. The molecule has 4 nitrogen and oxygen atoms in total. The van der Waals surface area contributed by atoms with Gasteiger partial charge in [0.1, 0.15) is 0 Å². The summed E-state index contributed by atoms with van der Waals surface area (Å²) in [4.78, 5) is 0.